The largest absolute Gasteiger partial charge is 0.339 e. The zero-order valence-electron chi connectivity index (χ0n) is 39.8. The van der Waals surface area contributed by atoms with E-state index in [1.54, 1.807) is 0 Å². The number of benzene rings is 1. The number of nitrogens with one attached hydrogen (secondary N) is 1. The Kier molecular flexibility index (Phi) is 25.5. The molecule has 0 saturated carbocycles. The lowest BCUT2D eigenvalue weighted by molar-refractivity contribution is -0.177. The second-order valence-corrected chi connectivity index (χ2v) is 20.8. The number of piperidine rings is 1. The van der Waals surface area contributed by atoms with Crippen molar-refractivity contribution in [3.05, 3.63) is 35.9 Å². The van der Waals surface area contributed by atoms with Crippen LogP contribution in [0.4, 0.5) is 0 Å². The summed E-state index contributed by atoms with van der Waals surface area (Å²) in [6, 6.07) is 10.7. The Morgan fingerprint density at radius 3 is 1.12 bits per heavy atom. The van der Waals surface area contributed by atoms with Gasteiger partial charge in [0.15, 0.2) is 5.60 Å². The van der Waals surface area contributed by atoms with Crippen molar-refractivity contribution in [1.29, 1.82) is 0 Å². The van der Waals surface area contributed by atoms with Crippen LogP contribution in [0.25, 0.3) is 0 Å². The maximum absolute atomic E-state index is 15.0. The summed E-state index contributed by atoms with van der Waals surface area (Å²) >= 11 is 0. The van der Waals surface area contributed by atoms with Crippen LogP contribution in [0.1, 0.15) is 278 Å². The van der Waals surface area contributed by atoms with E-state index < -0.39 is 11.3 Å². The molecular formula is C54H98N2O2. The zero-order chi connectivity index (χ0) is 41.8. The lowest BCUT2D eigenvalue weighted by Gasteiger charge is -2.50. The number of carbonyl (C=O) groups excluding carboxylic acids is 1. The third-order valence-corrected chi connectivity index (χ3v) is 13.7. The first-order valence-corrected chi connectivity index (χ1v) is 25.9. The molecule has 2 fully saturated rings. The van der Waals surface area contributed by atoms with Gasteiger partial charge in [-0.2, -0.15) is 0 Å². The van der Waals surface area contributed by atoms with Crippen LogP contribution >= 0.6 is 0 Å². The van der Waals surface area contributed by atoms with Crippen LogP contribution in [0.5, 0.6) is 0 Å². The van der Waals surface area contributed by atoms with E-state index in [4.69, 9.17) is 4.74 Å². The fourth-order valence-corrected chi connectivity index (χ4v) is 11.0. The molecule has 1 N–H and O–H groups in total. The van der Waals surface area contributed by atoms with Gasteiger partial charge in [-0.3, -0.25) is 4.79 Å². The molecule has 1 aromatic carbocycles. The van der Waals surface area contributed by atoms with E-state index in [0.717, 1.165) is 38.5 Å². The molecular weight excluding hydrogens is 709 g/mol. The normalized spacial score (nSPS) is 18.1. The number of rotatable bonds is 36. The van der Waals surface area contributed by atoms with E-state index in [0.29, 0.717) is 6.54 Å². The molecule has 2 heterocycles. The molecule has 2 aliphatic rings. The van der Waals surface area contributed by atoms with E-state index in [9.17, 15) is 4.79 Å². The Bertz CT molecular complexity index is 1110. The summed E-state index contributed by atoms with van der Waals surface area (Å²) in [7, 11) is 0. The Labute approximate surface area is 362 Å². The molecule has 0 radical (unpaired) electrons. The molecule has 4 heteroatoms. The Morgan fingerprint density at radius 2 is 0.793 bits per heavy atom. The van der Waals surface area contributed by atoms with Crippen molar-refractivity contribution >= 4 is 5.91 Å². The van der Waals surface area contributed by atoms with Crippen LogP contribution in [-0.2, 0) is 16.1 Å². The summed E-state index contributed by atoms with van der Waals surface area (Å²) in [5, 5.41) is 3.85. The quantitative estimate of drug-likeness (QED) is 0.0687. The molecule has 0 aromatic heterocycles. The van der Waals surface area contributed by atoms with Gasteiger partial charge >= 0.3 is 0 Å². The molecule has 0 atom stereocenters. The highest BCUT2D eigenvalue weighted by Gasteiger charge is 2.64. The summed E-state index contributed by atoms with van der Waals surface area (Å²) < 4.78 is 7.53. The standard InChI is InChI=1S/C54H98N2O2/c1-7-9-11-13-15-17-19-21-23-25-27-29-31-33-35-40-44-54(45-41-36-34-32-30-28-26-24-22-20-18-16-14-12-10-8-2)56(46-49-42-38-37-39-43-49)50(57)53(58-54)47-51(3,4)55-52(5,6)48-53/h37-39,42-43,55H,7-36,40-41,44-48H2,1-6H3. The van der Waals surface area contributed by atoms with Crippen molar-refractivity contribution in [2.24, 2.45) is 0 Å². The van der Waals surface area contributed by atoms with Gasteiger partial charge in [0.25, 0.3) is 5.91 Å². The van der Waals surface area contributed by atoms with Crippen LogP contribution in [0, 0.1) is 0 Å². The fourth-order valence-electron chi connectivity index (χ4n) is 11.0. The van der Waals surface area contributed by atoms with E-state index >= 15 is 0 Å². The number of hydrogen-bond donors (Lipinski definition) is 1. The number of hydrogen-bond acceptors (Lipinski definition) is 3. The average molecular weight is 807 g/mol. The van der Waals surface area contributed by atoms with Gasteiger partial charge < -0.3 is 15.0 Å². The molecule has 0 unspecified atom stereocenters. The summed E-state index contributed by atoms with van der Waals surface area (Å²) in [6.45, 7) is 14.3. The van der Waals surface area contributed by atoms with E-state index in [2.05, 4.69) is 82.1 Å². The topological polar surface area (TPSA) is 41.6 Å². The monoisotopic (exact) mass is 807 g/mol. The maximum atomic E-state index is 15.0. The Balaban J connectivity index is 1.50. The minimum atomic E-state index is -0.767. The zero-order valence-corrected chi connectivity index (χ0v) is 39.8. The van der Waals surface area contributed by atoms with Gasteiger partial charge in [-0.15, -0.1) is 0 Å². The number of ether oxygens (including phenoxy) is 1. The smallest absolute Gasteiger partial charge is 0.257 e. The predicted octanol–water partition coefficient (Wildman–Crippen LogP) is 16.7. The Hall–Kier alpha value is -1.39. The van der Waals surface area contributed by atoms with Crippen molar-refractivity contribution in [3.63, 3.8) is 0 Å². The third kappa shape index (κ3) is 20.0. The minimum Gasteiger partial charge on any atom is -0.339 e. The van der Waals surface area contributed by atoms with Crippen molar-refractivity contribution < 1.29 is 9.53 Å². The number of nitrogens with zero attached hydrogens (tertiary/aromatic N) is 1. The van der Waals surface area contributed by atoms with Gasteiger partial charge in [0.1, 0.15) is 5.72 Å². The molecule has 58 heavy (non-hydrogen) atoms. The van der Waals surface area contributed by atoms with Gasteiger partial charge in [0.2, 0.25) is 0 Å². The van der Waals surface area contributed by atoms with E-state index in [1.165, 1.54) is 198 Å². The molecule has 4 nitrogen and oxygen atoms in total. The molecule has 1 amide bonds. The Morgan fingerprint density at radius 1 is 0.483 bits per heavy atom. The maximum Gasteiger partial charge on any atom is 0.257 e. The fraction of sp³-hybridized carbons (Fsp3) is 0.870. The van der Waals surface area contributed by atoms with E-state index in [1.807, 2.05) is 0 Å². The van der Waals surface area contributed by atoms with Crippen molar-refractivity contribution in [2.75, 3.05) is 0 Å². The number of amides is 1. The second-order valence-electron chi connectivity index (χ2n) is 20.8. The van der Waals surface area contributed by atoms with Crippen molar-refractivity contribution in [2.45, 2.75) is 302 Å². The predicted molar refractivity (Wildman–Crippen MR) is 252 cm³/mol. The average Bonchev–Trinajstić information content (AvgIpc) is 3.38. The first-order valence-electron chi connectivity index (χ1n) is 25.9. The second kappa shape index (κ2) is 29.0. The lowest BCUT2D eigenvalue weighted by atomic mass is 9.72. The molecule has 1 spiro atoms. The molecule has 3 rings (SSSR count). The first-order chi connectivity index (χ1) is 28.1. The highest BCUT2D eigenvalue weighted by atomic mass is 16.6. The van der Waals surface area contributed by atoms with Gasteiger partial charge in [0.05, 0.1) is 0 Å². The third-order valence-electron chi connectivity index (χ3n) is 13.7. The first kappa shape index (κ1) is 51.0. The molecule has 2 saturated heterocycles. The van der Waals surface area contributed by atoms with Gasteiger partial charge in [-0.25, -0.2) is 0 Å². The minimum absolute atomic E-state index is 0.172. The van der Waals surface area contributed by atoms with Crippen LogP contribution in [0.3, 0.4) is 0 Å². The van der Waals surface area contributed by atoms with Crippen molar-refractivity contribution in [3.8, 4) is 0 Å². The van der Waals surface area contributed by atoms with Crippen LogP contribution in [-0.4, -0.2) is 33.2 Å². The summed E-state index contributed by atoms with van der Waals surface area (Å²) in [5.41, 5.74) is -0.421. The van der Waals surface area contributed by atoms with E-state index in [-0.39, 0.29) is 17.0 Å². The molecule has 1 aromatic rings. The summed E-state index contributed by atoms with van der Waals surface area (Å²) in [5.74, 6) is 0.243. The summed E-state index contributed by atoms with van der Waals surface area (Å²) in [6.07, 6.45) is 47.4. The molecule has 0 aliphatic carbocycles. The van der Waals surface area contributed by atoms with Crippen LogP contribution in [0.15, 0.2) is 30.3 Å². The van der Waals surface area contributed by atoms with Crippen molar-refractivity contribution in [1.82, 2.24) is 10.2 Å². The number of carbonyl (C=O) groups is 1. The highest BCUT2D eigenvalue weighted by molar-refractivity contribution is 5.88. The van der Waals surface area contributed by atoms with Crippen LogP contribution < -0.4 is 5.32 Å². The van der Waals surface area contributed by atoms with Gasteiger partial charge in [0, 0.05) is 30.5 Å². The number of unbranched alkanes of at least 4 members (excludes halogenated alkanes) is 30. The van der Waals surface area contributed by atoms with Crippen LogP contribution in [0.2, 0.25) is 0 Å². The molecule has 2 aliphatic heterocycles. The van der Waals surface area contributed by atoms with Gasteiger partial charge in [-0.05, 0) is 58.9 Å². The molecule has 336 valence electrons. The highest BCUT2D eigenvalue weighted by Crippen LogP contribution is 2.51. The molecule has 0 bridgehead atoms. The SMILES string of the molecule is CCCCCCCCCCCCCCCCCCC1(CCCCCCCCCCCCCCCCCC)OC2(CC(C)(C)NC(C)(C)C2)C(=O)N1Cc1ccccc1. The summed E-state index contributed by atoms with van der Waals surface area (Å²) in [4.78, 5) is 17.2. The van der Waals surface area contributed by atoms with Gasteiger partial charge in [-0.1, -0.05) is 237 Å². The lowest BCUT2D eigenvalue weighted by Crippen LogP contribution is -2.65.